The van der Waals surface area contributed by atoms with Crippen LogP contribution in [0.4, 0.5) is 5.69 Å². The molecule has 0 aliphatic carbocycles. The molecule has 0 saturated carbocycles. The third-order valence-electron chi connectivity index (χ3n) is 3.41. The van der Waals surface area contributed by atoms with E-state index in [4.69, 9.17) is 10.2 Å². The lowest BCUT2D eigenvalue weighted by atomic mass is 10.1. The molecule has 0 radical (unpaired) electrons. The summed E-state index contributed by atoms with van der Waals surface area (Å²) in [5.41, 5.74) is 9.17. The zero-order chi connectivity index (χ0) is 13.8. The van der Waals surface area contributed by atoms with Crippen molar-refractivity contribution in [2.24, 2.45) is 5.73 Å². The molecule has 1 atom stereocenters. The Hall–Kier alpha value is -1.81. The lowest BCUT2D eigenvalue weighted by Crippen LogP contribution is -2.17. The SMILES string of the molecule is CCC(N)c1ccc(N(C)Cc2ccoc2C)cn1. The second-order valence-electron chi connectivity index (χ2n) is 4.81. The Morgan fingerprint density at radius 1 is 1.37 bits per heavy atom. The van der Waals surface area contributed by atoms with Gasteiger partial charge in [0, 0.05) is 25.2 Å². The van der Waals surface area contributed by atoms with E-state index in [1.54, 1.807) is 6.26 Å². The maximum absolute atomic E-state index is 5.96. The molecule has 1 unspecified atom stereocenters. The smallest absolute Gasteiger partial charge is 0.105 e. The first kappa shape index (κ1) is 13.6. The van der Waals surface area contributed by atoms with Gasteiger partial charge in [-0.1, -0.05) is 6.92 Å². The van der Waals surface area contributed by atoms with E-state index in [0.29, 0.717) is 0 Å². The quantitative estimate of drug-likeness (QED) is 0.896. The molecule has 4 nitrogen and oxygen atoms in total. The van der Waals surface area contributed by atoms with E-state index >= 15 is 0 Å². The van der Waals surface area contributed by atoms with Crippen LogP contribution in [0.25, 0.3) is 0 Å². The van der Waals surface area contributed by atoms with E-state index in [1.165, 1.54) is 5.56 Å². The topological polar surface area (TPSA) is 55.3 Å². The first-order chi connectivity index (χ1) is 9.11. The van der Waals surface area contributed by atoms with Crippen LogP contribution in [-0.2, 0) is 6.54 Å². The molecule has 0 bridgehead atoms. The zero-order valence-corrected chi connectivity index (χ0v) is 11.8. The highest BCUT2D eigenvalue weighted by Crippen LogP contribution is 2.19. The van der Waals surface area contributed by atoms with E-state index in [1.807, 2.05) is 32.3 Å². The van der Waals surface area contributed by atoms with E-state index < -0.39 is 0 Å². The van der Waals surface area contributed by atoms with E-state index in [-0.39, 0.29) is 6.04 Å². The molecule has 0 spiro atoms. The third kappa shape index (κ3) is 3.15. The highest BCUT2D eigenvalue weighted by atomic mass is 16.3. The van der Waals surface area contributed by atoms with Crippen molar-refractivity contribution >= 4 is 5.69 Å². The number of rotatable bonds is 5. The Morgan fingerprint density at radius 3 is 2.68 bits per heavy atom. The molecule has 2 aromatic rings. The molecular formula is C15H21N3O. The van der Waals surface area contributed by atoms with Crippen LogP contribution < -0.4 is 10.6 Å². The number of anilines is 1. The second-order valence-corrected chi connectivity index (χ2v) is 4.81. The fourth-order valence-electron chi connectivity index (χ4n) is 1.97. The summed E-state index contributed by atoms with van der Waals surface area (Å²) in [6.07, 6.45) is 4.50. The van der Waals surface area contributed by atoms with Crippen molar-refractivity contribution in [1.29, 1.82) is 0 Å². The van der Waals surface area contributed by atoms with Crippen LogP contribution in [0.1, 0.15) is 36.4 Å². The summed E-state index contributed by atoms with van der Waals surface area (Å²) in [6.45, 7) is 4.85. The van der Waals surface area contributed by atoms with Gasteiger partial charge < -0.3 is 15.1 Å². The molecule has 0 amide bonds. The van der Waals surface area contributed by atoms with Gasteiger partial charge in [0.2, 0.25) is 0 Å². The molecule has 19 heavy (non-hydrogen) atoms. The average molecular weight is 259 g/mol. The Balaban J connectivity index is 2.07. The zero-order valence-electron chi connectivity index (χ0n) is 11.8. The van der Waals surface area contributed by atoms with Crippen LogP contribution in [0, 0.1) is 6.92 Å². The molecule has 0 fully saturated rings. The van der Waals surface area contributed by atoms with Gasteiger partial charge in [-0.2, -0.15) is 0 Å². The molecule has 2 heterocycles. The van der Waals surface area contributed by atoms with Crippen LogP contribution in [-0.4, -0.2) is 12.0 Å². The average Bonchev–Trinajstić information content (AvgIpc) is 2.83. The van der Waals surface area contributed by atoms with Crippen molar-refractivity contribution in [3.8, 4) is 0 Å². The summed E-state index contributed by atoms with van der Waals surface area (Å²) in [5.74, 6) is 0.962. The lowest BCUT2D eigenvalue weighted by Gasteiger charge is -2.19. The highest BCUT2D eigenvalue weighted by Gasteiger charge is 2.09. The first-order valence-electron chi connectivity index (χ1n) is 6.57. The predicted octanol–water partition coefficient (Wildman–Crippen LogP) is 3.03. The van der Waals surface area contributed by atoms with Crippen LogP contribution in [0.15, 0.2) is 35.1 Å². The maximum Gasteiger partial charge on any atom is 0.105 e. The van der Waals surface area contributed by atoms with Gasteiger partial charge in [-0.15, -0.1) is 0 Å². The Morgan fingerprint density at radius 2 is 2.16 bits per heavy atom. The molecule has 2 N–H and O–H groups in total. The van der Waals surface area contributed by atoms with Crippen molar-refractivity contribution in [2.75, 3.05) is 11.9 Å². The van der Waals surface area contributed by atoms with Crippen molar-refractivity contribution in [1.82, 2.24) is 4.98 Å². The number of nitrogens with two attached hydrogens (primary N) is 1. The Labute approximate surface area is 114 Å². The number of nitrogens with zero attached hydrogens (tertiary/aromatic N) is 2. The molecule has 2 aromatic heterocycles. The number of hydrogen-bond acceptors (Lipinski definition) is 4. The standard InChI is InChI=1S/C15H21N3O/c1-4-14(16)15-6-5-13(9-17-15)18(3)10-12-7-8-19-11(12)2/h5-9,14H,4,10,16H2,1-3H3. The fourth-order valence-corrected chi connectivity index (χ4v) is 1.97. The minimum atomic E-state index is 0.0236. The fraction of sp³-hybridized carbons (Fsp3) is 0.400. The number of furan rings is 1. The third-order valence-corrected chi connectivity index (χ3v) is 3.41. The summed E-state index contributed by atoms with van der Waals surface area (Å²) in [7, 11) is 2.04. The van der Waals surface area contributed by atoms with Crippen molar-refractivity contribution < 1.29 is 4.42 Å². The first-order valence-corrected chi connectivity index (χ1v) is 6.57. The van der Waals surface area contributed by atoms with Crippen molar-refractivity contribution in [3.05, 3.63) is 47.7 Å². The van der Waals surface area contributed by atoms with Gasteiger partial charge in [-0.3, -0.25) is 4.98 Å². The number of aryl methyl sites for hydroxylation is 1. The second kappa shape index (κ2) is 5.89. The van der Waals surface area contributed by atoms with Gasteiger partial charge in [-0.05, 0) is 31.5 Å². The van der Waals surface area contributed by atoms with Crippen LogP contribution in [0.2, 0.25) is 0 Å². The van der Waals surface area contributed by atoms with Crippen LogP contribution in [0.3, 0.4) is 0 Å². The summed E-state index contributed by atoms with van der Waals surface area (Å²) in [6, 6.07) is 6.09. The number of aromatic nitrogens is 1. The van der Waals surface area contributed by atoms with Crippen molar-refractivity contribution in [3.63, 3.8) is 0 Å². The number of hydrogen-bond donors (Lipinski definition) is 1. The Bertz CT molecular complexity index is 518. The summed E-state index contributed by atoms with van der Waals surface area (Å²) in [4.78, 5) is 6.58. The minimum Gasteiger partial charge on any atom is -0.469 e. The minimum absolute atomic E-state index is 0.0236. The van der Waals surface area contributed by atoms with Gasteiger partial charge in [0.05, 0.1) is 23.8 Å². The van der Waals surface area contributed by atoms with Crippen molar-refractivity contribution in [2.45, 2.75) is 32.9 Å². The molecule has 0 aliphatic rings. The summed E-state index contributed by atoms with van der Waals surface area (Å²) < 4.78 is 5.31. The largest absolute Gasteiger partial charge is 0.469 e. The molecular weight excluding hydrogens is 238 g/mol. The van der Waals surface area contributed by atoms with Gasteiger partial charge in [0.15, 0.2) is 0 Å². The monoisotopic (exact) mass is 259 g/mol. The highest BCUT2D eigenvalue weighted by molar-refractivity contribution is 5.44. The lowest BCUT2D eigenvalue weighted by molar-refractivity contribution is 0.529. The molecule has 0 aliphatic heterocycles. The Kier molecular flexibility index (Phi) is 4.22. The molecule has 4 heteroatoms. The van der Waals surface area contributed by atoms with Crippen LogP contribution in [0.5, 0.6) is 0 Å². The number of pyridine rings is 1. The molecule has 2 rings (SSSR count). The van der Waals surface area contributed by atoms with Gasteiger partial charge >= 0.3 is 0 Å². The van der Waals surface area contributed by atoms with E-state index in [2.05, 4.69) is 22.9 Å². The normalized spacial score (nSPS) is 12.4. The van der Waals surface area contributed by atoms with Gasteiger partial charge in [0.1, 0.15) is 5.76 Å². The predicted molar refractivity (Wildman–Crippen MR) is 77.0 cm³/mol. The van der Waals surface area contributed by atoms with Crippen LogP contribution >= 0.6 is 0 Å². The summed E-state index contributed by atoms with van der Waals surface area (Å²) >= 11 is 0. The van der Waals surface area contributed by atoms with E-state index in [9.17, 15) is 0 Å². The van der Waals surface area contributed by atoms with Gasteiger partial charge in [0.25, 0.3) is 0 Å². The molecule has 0 aromatic carbocycles. The summed E-state index contributed by atoms with van der Waals surface area (Å²) in [5, 5.41) is 0. The van der Waals surface area contributed by atoms with E-state index in [0.717, 1.165) is 30.1 Å². The molecule has 102 valence electrons. The maximum atomic E-state index is 5.96. The van der Waals surface area contributed by atoms with Gasteiger partial charge in [-0.25, -0.2) is 0 Å². The molecule has 0 saturated heterocycles.